The van der Waals surface area contributed by atoms with Crippen molar-refractivity contribution in [3.8, 4) is 0 Å². The minimum absolute atomic E-state index is 0.0710. The van der Waals surface area contributed by atoms with Gasteiger partial charge in [-0.3, -0.25) is 4.79 Å². The Bertz CT molecular complexity index is 196. The maximum Gasteiger partial charge on any atom is 0.220 e. The largest absolute Gasteiger partial charge is 0.353 e. The number of nitrogens with one attached hydrogen (secondary N) is 1. The molecule has 0 aromatic rings. The molecule has 0 aliphatic rings. The molecular weight excluding hydrogens is 210 g/mol. The quantitative estimate of drug-likeness (QED) is 0.726. The van der Waals surface area contributed by atoms with E-state index in [1.54, 1.807) is 0 Å². The van der Waals surface area contributed by atoms with Gasteiger partial charge in [-0.2, -0.15) is 0 Å². The summed E-state index contributed by atoms with van der Waals surface area (Å²) in [6.07, 6.45) is 1.42. The summed E-state index contributed by atoms with van der Waals surface area (Å²) in [7, 11) is 0. The van der Waals surface area contributed by atoms with E-state index < -0.39 is 0 Å². The molecule has 15 heavy (non-hydrogen) atoms. The third-order valence-corrected chi connectivity index (χ3v) is 2.59. The first-order valence-corrected chi connectivity index (χ1v) is 6.16. The molecule has 1 atom stereocenters. The number of halogens is 1. The van der Waals surface area contributed by atoms with E-state index in [1.807, 2.05) is 13.8 Å². The van der Waals surface area contributed by atoms with E-state index in [1.165, 1.54) is 0 Å². The summed E-state index contributed by atoms with van der Waals surface area (Å²) in [5, 5.41) is 3.07. The number of carbonyl (C=O) groups excluding carboxylic acids is 1. The Morgan fingerprint density at radius 3 is 2.20 bits per heavy atom. The third-order valence-electron chi connectivity index (χ3n) is 2.37. The van der Waals surface area contributed by atoms with Crippen LogP contribution in [0.5, 0.6) is 0 Å². The van der Waals surface area contributed by atoms with E-state index in [0.29, 0.717) is 18.2 Å². The lowest BCUT2D eigenvalue weighted by Crippen LogP contribution is -2.44. The molecule has 2 nitrogen and oxygen atoms in total. The van der Waals surface area contributed by atoms with Gasteiger partial charge in [-0.1, -0.05) is 34.6 Å². The van der Waals surface area contributed by atoms with Crippen molar-refractivity contribution in [2.75, 3.05) is 5.88 Å². The summed E-state index contributed by atoms with van der Waals surface area (Å²) in [6, 6.07) is 0.168. The van der Waals surface area contributed by atoms with Gasteiger partial charge in [-0.05, 0) is 17.8 Å². The Balaban J connectivity index is 4.23. The molecule has 90 valence electrons. The summed E-state index contributed by atoms with van der Waals surface area (Å²) in [5.74, 6) is 1.13. The number of rotatable bonds is 5. The van der Waals surface area contributed by atoms with Crippen molar-refractivity contribution in [1.29, 1.82) is 0 Å². The Morgan fingerprint density at radius 2 is 1.87 bits per heavy atom. The van der Waals surface area contributed by atoms with Gasteiger partial charge >= 0.3 is 0 Å². The predicted molar refractivity (Wildman–Crippen MR) is 66.2 cm³/mol. The Morgan fingerprint density at radius 1 is 1.33 bits per heavy atom. The Kier molecular flexibility index (Phi) is 6.26. The zero-order valence-corrected chi connectivity index (χ0v) is 11.3. The second-order valence-corrected chi connectivity index (χ2v) is 5.94. The molecule has 0 aromatic heterocycles. The molecule has 0 aliphatic heterocycles. The zero-order valence-electron chi connectivity index (χ0n) is 10.6. The minimum atomic E-state index is 0.0710. The van der Waals surface area contributed by atoms with Gasteiger partial charge in [0.25, 0.3) is 0 Å². The number of carbonyl (C=O) groups is 1. The Hall–Kier alpha value is -0.240. The van der Waals surface area contributed by atoms with Crippen molar-refractivity contribution in [2.24, 2.45) is 11.3 Å². The number of amides is 1. The Labute approximate surface area is 98.8 Å². The first-order valence-electron chi connectivity index (χ1n) is 5.62. The topological polar surface area (TPSA) is 29.1 Å². The van der Waals surface area contributed by atoms with Crippen LogP contribution in [-0.4, -0.2) is 17.8 Å². The average molecular weight is 234 g/mol. The van der Waals surface area contributed by atoms with Crippen LogP contribution < -0.4 is 5.32 Å². The molecule has 3 heteroatoms. The molecule has 0 spiro atoms. The van der Waals surface area contributed by atoms with Crippen molar-refractivity contribution >= 4 is 17.5 Å². The molecular formula is C12H24ClNO. The second-order valence-electron chi connectivity index (χ2n) is 5.56. The highest BCUT2D eigenvalue weighted by atomic mass is 35.5. The van der Waals surface area contributed by atoms with Gasteiger partial charge in [-0.15, -0.1) is 11.6 Å². The van der Waals surface area contributed by atoms with E-state index in [-0.39, 0.29) is 17.4 Å². The third kappa shape index (κ3) is 6.77. The maximum atomic E-state index is 11.6. The average Bonchev–Trinajstić information content (AvgIpc) is 2.00. The molecule has 0 aromatic carbocycles. The van der Waals surface area contributed by atoms with E-state index in [4.69, 9.17) is 11.6 Å². The lowest BCUT2D eigenvalue weighted by Gasteiger charge is -2.31. The van der Waals surface area contributed by atoms with Crippen LogP contribution in [0.3, 0.4) is 0 Å². The molecule has 1 unspecified atom stereocenters. The van der Waals surface area contributed by atoms with Gasteiger partial charge in [0.05, 0.1) is 0 Å². The lowest BCUT2D eigenvalue weighted by molar-refractivity contribution is -0.123. The van der Waals surface area contributed by atoms with Crippen LogP contribution in [-0.2, 0) is 4.79 Å². The molecule has 0 saturated heterocycles. The smallest absolute Gasteiger partial charge is 0.220 e. The highest BCUT2D eigenvalue weighted by Gasteiger charge is 2.25. The number of hydrogen-bond acceptors (Lipinski definition) is 1. The molecule has 1 N–H and O–H groups in total. The van der Waals surface area contributed by atoms with Gasteiger partial charge < -0.3 is 5.32 Å². The van der Waals surface area contributed by atoms with Crippen molar-refractivity contribution < 1.29 is 4.79 Å². The van der Waals surface area contributed by atoms with Gasteiger partial charge in [0.2, 0.25) is 5.91 Å². The van der Waals surface area contributed by atoms with Crippen LogP contribution in [0, 0.1) is 11.3 Å². The molecule has 0 heterocycles. The highest BCUT2D eigenvalue weighted by Crippen LogP contribution is 2.22. The monoisotopic (exact) mass is 233 g/mol. The molecule has 0 bridgehead atoms. The lowest BCUT2D eigenvalue weighted by atomic mass is 9.85. The summed E-state index contributed by atoms with van der Waals surface area (Å²) in [4.78, 5) is 11.6. The fraction of sp³-hybridized carbons (Fsp3) is 0.917. The van der Waals surface area contributed by atoms with Crippen LogP contribution in [0.25, 0.3) is 0 Å². The molecule has 0 fully saturated rings. The van der Waals surface area contributed by atoms with Crippen molar-refractivity contribution in [1.82, 2.24) is 5.32 Å². The minimum Gasteiger partial charge on any atom is -0.353 e. The predicted octanol–water partition coefficient (Wildman–Crippen LogP) is 3.19. The van der Waals surface area contributed by atoms with Crippen molar-refractivity contribution in [3.63, 3.8) is 0 Å². The first kappa shape index (κ1) is 14.8. The first-order chi connectivity index (χ1) is 6.77. The summed E-state index contributed by atoms with van der Waals surface area (Å²) < 4.78 is 0. The van der Waals surface area contributed by atoms with Crippen molar-refractivity contribution in [3.05, 3.63) is 0 Å². The number of hydrogen-bond donors (Lipinski definition) is 1. The normalized spacial score (nSPS) is 14.1. The summed E-state index contributed by atoms with van der Waals surface area (Å²) >= 11 is 5.74. The summed E-state index contributed by atoms with van der Waals surface area (Å²) in [6.45, 7) is 10.5. The molecule has 0 aliphatic carbocycles. The van der Waals surface area contributed by atoms with E-state index in [2.05, 4.69) is 26.1 Å². The van der Waals surface area contributed by atoms with Gasteiger partial charge in [0, 0.05) is 18.3 Å². The molecule has 1 amide bonds. The molecule has 0 radical (unpaired) electrons. The summed E-state index contributed by atoms with van der Waals surface area (Å²) in [5.41, 5.74) is 0.0710. The fourth-order valence-electron chi connectivity index (χ4n) is 1.45. The van der Waals surface area contributed by atoms with Gasteiger partial charge in [0.1, 0.15) is 0 Å². The maximum absolute atomic E-state index is 11.6. The van der Waals surface area contributed by atoms with Gasteiger partial charge in [-0.25, -0.2) is 0 Å². The van der Waals surface area contributed by atoms with Crippen LogP contribution in [0.1, 0.15) is 47.5 Å². The van der Waals surface area contributed by atoms with Crippen LogP contribution in [0.4, 0.5) is 0 Å². The standard InChI is InChI=1S/C12H24ClNO/c1-9(2)8-11(15)14-10(6-7-13)12(3,4)5/h9-10H,6-8H2,1-5H3,(H,14,15). The number of alkyl halides is 1. The van der Waals surface area contributed by atoms with E-state index in [0.717, 1.165) is 6.42 Å². The zero-order chi connectivity index (χ0) is 12.1. The second kappa shape index (κ2) is 6.37. The van der Waals surface area contributed by atoms with Crippen LogP contribution in [0.2, 0.25) is 0 Å². The SMILES string of the molecule is CC(C)CC(=O)NC(CCCl)C(C)(C)C. The van der Waals surface area contributed by atoms with Crippen LogP contribution in [0.15, 0.2) is 0 Å². The van der Waals surface area contributed by atoms with Gasteiger partial charge in [0.15, 0.2) is 0 Å². The fourth-order valence-corrected chi connectivity index (χ4v) is 1.67. The molecule has 0 saturated carbocycles. The molecule has 0 rings (SSSR count). The van der Waals surface area contributed by atoms with Crippen LogP contribution >= 0.6 is 11.6 Å². The van der Waals surface area contributed by atoms with Crippen molar-refractivity contribution in [2.45, 2.75) is 53.5 Å². The van der Waals surface area contributed by atoms with E-state index in [9.17, 15) is 4.79 Å². The van der Waals surface area contributed by atoms with E-state index >= 15 is 0 Å². The highest BCUT2D eigenvalue weighted by molar-refractivity contribution is 6.17.